The van der Waals surface area contributed by atoms with Crippen LogP contribution in [0.1, 0.15) is 17.5 Å². The highest BCUT2D eigenvalue weighted by molar-refractivity contribution is 9.10. The molecule has 0 saturated carbocycles. The summed E-state index contributed by atoms with van der Waals surface area (Å²) >= 11 is 9.55. The van der Waals surface area contributed by atoms with Gasteiger partial charge in [0.1, 0.15) is 18.4 Å². The summed E-state index contributed by atoms with van der Waals surface area (Å²) in [4.78, 5) is 13.4. The van der Waals surface area contributed by atoms with Crippen LogP contribution in [-0.2, 0) is 17.8 Å². The summed E-state index contributed by atoms with van der Waals surface area (Å²) in [5, 5.41) is 0.247. The van der Waals surface area contributed by atoms with Crippen LogP contribution in [0, 0.1) is 0 Å². The number of hydrogen-bond donors (Lipinski definition) is 0. The van der Waals surface area contributed by atoms with Gasteiger partial charge in [0, 0.05) is 4.47 Å². The molecule has 2 aromatic carbocycles. The molecule has 1 aliphatic heterocycles. The van der Waals surface area contributed by atoms with E-state index in [9.17, 15) is 18.0 Å². The number of alkyl halides is 3. The van der Waals surface area contributed by atoms with Gasteiger partial charge in [-0.3, -0.25) is 4.90 Å². The lowest BCUT2D eigenvalue weighted by Gasteiger charge is -2.38. The zero-order valence-corrected chi connectivity index (χ0v) is 17.1. The number of halogens is 5. The molecule has 0 aliphatic carbocycles. The maximum absolute atomic E-state index is 13.7. The third-order valence-electron chi connectivity index (χ3n) is 4.47. The van der Waals surface area contributed by atoms with Gasteiger partial charge in [0.25, 0.3) is 0 Å². The van der Waals surface area contributed by atoms with Crippen molar-refractivity contribution in [1.82, 2.24) is 0 Å². The Bertz CT molecular complexity index is 877. The van der Waals surface area contributed by atoms with E-state index < -0.39 is 18.3 Å². The molecular formula is C19H16BrClF3NO3. The fraction of sp³-hybridized carbons (Fsp3) is 0.316. The number of methoxy groups -OCH3 is 1. The first-order valence-corrected chi connectivity index (χ1v) is 9.52. The van der Waals surface area contributed by atoms with E-state index in [2.05, 4.69) is 15.9 Å². The number of nitrogens with zero attached hydrogens (tertiary/aromatic N) is 1. The van der Waals surface area contributed by atoms with Crippen molar-refractivity contribution in [3.8, 4) is 5.75 Å². The van der Waals surface area contributed by atoms with Crippen LogP contribution in [0.2, 0.25) is 5.02 Å². The number of fused-ring (bicyclic) bond motifs is 1. The van der Waals surface area contributed by atoms with Gasteiger partial charge >= 0.3 is 12.3 Å². The summed E-state index contributed by atoms with van der Waals surface area (Å²) < 4.78 is 52.0. The Labute approximate surface area is 173 Å². The third kappa shape index (κ3) is 4.07. The van der Waals surface area contributed by atoms with Crippen LogP contribution in [0.4, 0.5) is 23.7 Å². The van der Waals surface area contributed by atoms with Crippen molar-refractivity contribution >= 4 is 39.3 Å². The Morgan fingerprint density at radius 2 is 2.00 bits per heavy atom. The van der Waals surface area contributed by atoms with E-state index in [1.165, 1.54) is 13.2 Å². The summed E-state index contributed by atoms with van der Waals surface area (Å²) in [6.45, 7) is -0.150. The number of rotatable bonds is 3. The van der Waals surface area contributed by atoms with Crippen LogP contribution in [0.5, 0.6) is 5.75 Å². The predicted octanol–water partition coefficient (Wildman–Crippen LogP) is 6.13. The zero-order chi connectivity index (χ0) is 20.5. The van der Waals surface area contributed by atoms with Crippen LogP contribution < -0.4 is 9.64 Å². The number of carbonyl (C=O) groups is 1. The molecule has 1 heterocycles. The largest absolute Gasteiger partial charge is 0.495 e. The molecule has 0 saturated heterocycles. The maximum Gasteiger partial charge on any atom is 0.415 e. The average molecular weight is 479 g/mol. The van der Waals surface area contributed by atoms with Crippen molar-refractivity contribution in [1.29, 1.82) is 0 Å². The Hall–Kier alpha value is -1.93. The first-order valence-electron chi connectivity index (χ1n) is 8.35. The van der Waals surface area contributed by atoms with Gasteiger partial charge in [-0.1, -0.05) is 41.9 Å². The van der Waals surface area contributed by atoms with E-state index in [1.54, 1.807) is 30.3 Å². The van der Waals surface area contributed by atoms with E-state index >= 15 is 0 Å². The number of benzene rings is 2. The number of amides is 1. The quantitative estimate of drug-likeness (QED) is 0.533. The summed E-state index contributed by atoms with van der Waals surface area (Å²) in [6.07, 6.45) is -6.01. The van der Waals surface area contributed by atoms with E-state index in [0.717, 1.165) is 0 Å². The number of ether oxygens (including phenoxy) is 2. The van der Waals surface area contributed by atoms with Crippen molar-refractivity contribution in [2.45, 2.75) is 31.7 Å². The second-order valence-corrected chi connectivity index (χ2v) is 7.44. The van der Waals surface area contributed by atoms with E-state index in [-0.39, 0.29) is 35.9 Å². The second kappa shape index (κ2) is 8.21. The van der Waals surface area contributed by atoms with Gasteiger partial charge in [-0.05, 0) is 46.0 Å². The standard InChI is InChI=1S/C19H16BrClF3NO3/c1-27-14-9-13(20)16(21)12-7-8-15(19(22,23)24)25(17(12)14)18(26)28-10-11-5-3-2-4-6-11/h2-6,9,15H,7-8,10H2,1H3. The van der Waals surface area contributed by atoms with Crippen LogP contribution in [-0.4, -0.2) is 25.4 Å². The number of carbonyl (C=O) groups excluding carboxylic acids is 1. The van der Waals surface area contributed by atoms with Gasteiger partial charge in [0.15, 0.2) is 0 Å². The van der Waals surface area contributed by atoms with Gasteiger partial charge in [0.2, 0.25) is 0 Å². The average Bonchev–Trinajstić information content (AvgIpc) is 2.68. The van der Waals surface area contributed by atoms with Crippen LogP contribution in [0.15, 0.2) is 40.9 Å². The minimum atomic E-state index is -4.63. The highest BCUT2D eigenvalue weighted by atomic mass is 79.9. The molecule has 1 aliphatic rings. The van der Waals surface area contributed by atoms with Gasteiger partial charge in [-0.15, -0.1) is 0 Å². The molecule has 3 rings (SSSR count). The first-order chi connectivity index (χ1) is 13.2. The zero-order valence-electron chi connectivity index (χ0n) is 14.7. The monoisotopic (exact) mass is 477 g/mol. The summed E-state index contributed by atoms with van der Waals surface area (Å²) in [6, 6.07) is 8.12. The molecule has 1 amide bonds. The van der Waals surface area contributed by atoms with Crippen molar-refractivity contribution < 1.29 is 27.4 Å². The SMILES string of the molecule is COc1cc(Br)c(Cl)c2c1N(C(=O)OCc1ccccc1)C(C(F)(F)F)CC2. The van der Waals surface area contributed by atoms with Crippen molar-refractivity contribution in [2.75, 3.05) is 12.0 Å². The van der Waals surface area contributed by atoms with E-state index in [1.807, 2.05) is 0 Å². The topological polar surface area (TPSA) is 38.8 Å². The highest BCUT2D eigenvalue weighted by Gasteiger charge is 2.50. The molecule has 9 heteroatoms. The molecule has 4 nitrogen and oxygen atoms in total. The Kier molecular flexibility index (Phi) is 6.09. The van der Waals surface area contributed by atoms with Gasteiger partial charge in [-0.2, -0.15) is 13.2 Å². The fourth-order valence-electron chi connectivity index (χ4n) is 3.17. The molecule has 1 unspecified atom stereocenters. The molecule has 28 heavy (non-hydrogen) atoms. The Balaban J connectivity index is 2.02. The molecular weight excluding hydrogens is 463 g/mol. The molecule has 0 spiro atoms. The molecule has 0 aromatic heterocycles. The Morgan fingerprint density at radius 1 is 1.32 bits per heavy atom. The summed E-state index contributed by atoms with van der Waals surface area (Å²) in [5.41, 5.74) is 1.06. The highest BCUT2D eigenvalue weighted by Crippen LogP contribution is 2.48. The van der Waals surface area contributed by atoms with Crippen LogP contribution in [0.25, 0.3) is 0 Å². The van der Waals surface area contributed by atoms with E-state index in [0.29, 0.717) is 20.5 Å². The van der Waals surface area contributed by atoms with Gasteiger partial charge < -0.3 is 9.47 Å². The second-order valence-electron chi connectivity index (χ2n) is 6.21. The van der Waals surface area contributed by atoms with Gasteiger partial charge in [-0.25, -0.2) is 4.79 Å². The minimum absolute atomic E-state index is 0.0117. The molecule has 150 valence electrons. The molecule has 0 N–H and O–H groups in total. The molecule has 1 atom stereocenters. The maximum atomic E-state index is 13.7. The van der Waals surface area contributed by atoms with Crippen LogP contribution >= 0.6 is 27.5 Å². The smallest absolute Gasteiger partial charge is 0.415 e. The molecule has 0 fully saturated rings. The fourth-order valence-corrected chi connectivity index (χ4v) is 3.86. The minimum Gasteiger partial charge on any atom is -0.495 e. The Morgan fingerprint density at radius 3 is 2.61 bits per heavy atom. The van der Waals surface area contributed by atoms with Crippen molar-refractivity contribution in [3.05, 3.63) is 57.0 Å². The molecule has 0 bridgehead atoms. The lowest BCUT2D eigenvalue weighted by atomic mass is 9.95. The predicted molar refractivity (Wildman–Crippen MR) is 103 cm³/mol. The number of anilines is 1. The van der Waals surface area contributed by atoms with Gasteiger partial charge in [0.05, 0.1) is 17.8 Å². The van der Waals surface area contributed by atoms with Crippen molar-refractivity contribution in [2.24, 2.45) is 0 Å². The lowest BCUT2D eigenvalue weighted by Crippen LogP contribution is -2.52. The third-order valence-corrected chi connectivity index (χ3v) is 5.76. The number of hydrogen-bond acceptors (Lipinski definition) is 3. The molecule has 0 radical (unpaired) electrons. The lowest BCUT2D eigenvalue weighted by molar-refractivity contribution is -0.150. The summed E-state index contributed by atoms with van der Waals surface area (Å²) in [5.74, 6) is 0.108. The van der Waals surface area contributed by atoms with E-state index in [4.69, 9.17) is 21.1 Å². The summed E-state index contributed by atoms with van der Waals surface area (Å²) in [7, 11) is 1.32. The first kappa shape index (κ1) is 20.8. The van der Waals surface area contributed by atoms with Crippen molar-refractivity contribution in [3.63, 3.8) is 0 Å². The molecule has 2 aromatic rings. The normalized spacial score (nSPS) is 16.5. The van der Waals surface area contributed by atoms with Crippen LogP contribution in [0.3, 0.4) is 0 Å².